The normalized spacial score (nSPS) is 47.2. The smallest absolute Gasteiger partial charge is 0.302 e. The van der Waals surface area contributed by atoms with Crippen LogP contribution in [0.4, 0.5) is 0 Å². The van der Waals surface area contributed by atoms with E-state index in [0.717, 1.165) is 24.9 Å². The molecule has 0 saturated heterocycles. The fourth-order valence-electron chi connectivity index (χ4n) is 12.7. The van der Waals surface area contributed by atoms with Gasteiger partial charge in [0, 0.05) is 18.9 Å². The van der Waals surface area contributed by atoms with Crippen molar-refractivity contribution < 1.29 is 14.0 Å². The van der Waals surface area contributed by atoms with Gasteiger partial charge in [-0.05, 0) is 146 Å². The summed E-state index contributed by atoms with van der Waals surface area (Å²) in [5.41, 5.74) is 2.86. The number of hydrogen-bond donors (Lipinski definition) is 0. The first kappa shape index (κ1) is 34.7. The number of hydrogen-bond acceptors (Lipinski definition) is 3. The molecule has 0 aromatic carbocycles. The summed E-state index contributed by atoms with van der Waals surface area (Å²) in [6.07, 6.45) is 14.1. The van der Waals surface area contributed by atoms with Crippen LogP contribution in [0.15, 0.2) is 12.2 Å². The molecule has 0 bridgehead atoms. The van der Waals surface area contributed by atoms with Crippen LogP contribution in [0.25, 0.3) is 0 Å². The molecule has 5 fully saturated rings. The van der Waals surface area contributed by atoms with E-state index in [1.165, 1.54) is 69.8 Å². The summed E-state index contributed by atoms with van der Waals surface area (Å²) in [6, 6.07) is 0. The van der Waals surface area contributed by atoms with Crippen molar-refractivity contribution in [1.82, 2.24) is 0 Å². The zero-order chi connectivity index (χ0) is 32.7. The third kappa shape index (κ3) is 4.98. The maximum absolute atomic E-state index is 12.1. The maximum Gasteiger partial charge on any atom is 0.302 e. The highest BCUT2D eigenvalue weighted by Gasteiger charge is 2.71. The van der Waals surface area contributed by atoms with Gasteiger partial charge in [-0.25, -0.2) is 0 Å². The van der Waals surface area contributed by atoms with Gasteiger partial charge in [-0.15, -0.1) is 0 Å². The molecule has 0 N–H and O–H groups in total. The van der Waals surface area contributed by atoms with E-state index in [9.17, 15) is 4.79 Å². The van der Waals surface area contributed by atoms with Crippen molar-refractivity contribution in [1.29, 1.82) is 0 Å². The van der Waals surface area contributed by atoms with Crippen molar-refractivity contribution in [3.8, 4) is 0 Å². The summed E-state index contributed by atoms with van der Waals surface area (Å²) in [6.45, 7) is 35.6. The van der Waals surface area contributed by atoms with Crippen molar-refractivity contribution in [3.63, 3.8) is 0 Å². The molecule has 0 aromatic heterocycles. The summed E-state index contributed by atoms with van der Waals surface area (Å²) in [7, 11) is -1.82. The average molecular weight is 627 g/mol. The van der Waals surface area contributed by atoms with E-state index >= 15 is 0 Å². The summed E-state index contributed by atoms with van der Waals surface area (Å²) in [5.74, 6) is 3.97. The zero-order valence-corrected chi connectivity index (χ0v) is 32.1. The standard InChI is InChI=1S/C40H70O3Si/c1-14-27(2)30-18-22-40(26-42-29(4)41)24-23-38(10)31(34(30)40)15-16-33-36(8)20-17-28(3)37(9,32(36)19-21-39(33,38)11)25-43-44(12,13)35(5,6)7/h28,30-34H,2,14-26H2,1,3-13H3/t28-,30?,31?,32?,33?,34?,36-,37+,38+,39+,40+/m0/s1. The largest absolute Gasteiger partial charge is 0.465 e. The monoisotopic (exact) mass is 627 g/mol. The quantitative estimate of drug-likeness (QED) is 0.160. The van der Waals surface area contributed by atoms with Crippen LogP contribution in [0.2, 0.25) is 18.1 Å². The Bertz CT molecular complexity index is 1120. The molecule has 5 aliphatic rings. The second-order valence-corrected chi connectivity index (χ2v) is 24.3. The lowest BCUT2D eigenvalue weighted by Gasteiger charge is -2.73. The van der Waals surface area contributed by atoms with Gasteiger partial charge in [0.25, 0.3) is 0 Å². The molecule has 5 unspecified atom stereocenters. The first-order valence-corrected chi connectivity index (χ1v) is 21.6. The molecule has 5 saturated carbocycles. The van der Waals surface area contributed by atoms with Crippen LogP contribution in [0.3, 0.4) is 0 Å². The lowest BCUT2D eigenvalue weighted by atomic mass is 9.32. The van der Waals surface area contributed by atoms with Gasteiger partial charge < -0.3 is 9.16 Å². The van der Waals surface area contributed by atoms with Gasteiger partial charge in [0.1, 0.15) is 0 Å². The second-order valence-electron chi connectivity index (χ2n) is 19.5. The van der Waals surface area contributed by atoms with Crippen LogP contribution in [0.1, 0.15) is 140 Å². The number of rotatable bonds is 7. The second kappa shape index (κ2) is 11.2. The van der Waals surface area contributed by atoms with Crippen LogP contribution in [-0.4, -0.2) is 27.5 Å². The van der Waals surface area contributed by atoms with Gasteiger partial charge in [-0.2, -0.15) is 0 Å². The van der Waals surface area contributed by atoms with E-state index in [-0.39, 0.29) is 21.8 Å². The fraction of sp³-hybridized carbons (Fsp3) is 0.925. The molecule has 252 valence electrons. The minimum Gasteiger partial charge on any atom is -0.465 e. The molecule has 3 nitrogen and oxygen atoms in total. The molecule has 0 aromatic rings. The first-order chi connectivity index (χ1) is 20.2. The van der Waals surface area contributed by atoms with E-state index in [1.54, 1.807) is 6.92 Å². The van der Waals surface area contributed by atoms with Crippen molar-refractivity contribution in [2.24, 2.45) is 62.6 Å². The number of fused-ring (bicyclic) bond motifs is 7. The first-order valence-electron chi connectivity index (χ1n) is 18.7. The summed E-state index contributed by atoms with van der Waals surface area (Å²) < 4.78 is 13.0. The predicted molar refractivity (Wildman–Crippen MR) is 187 cm³/mol. The molecule has 0 radical (unpaired) electrons. The van der Waals surface area contributed by atoms with E-state index in [2.05, 4.69) is 82.0 Å². The Kier molecular flexibility index (Phi) is 8.86. The van der Waals surface area contributed by atoms with Gasteiger partial charge in [0.05, 0.1) is 6.61 Å². The molecule has 4 heteroatoms. The molecule has 5 rings (SSSR count). The Morgan fingerprint density at radius 1 is 0.864 bits per heavy atom. The molecule has 0 spiro atoms. The van der Waals surface area contributed by atoms with Gasteiger partial charge in [0.15, 0.2) is 8.32 Å². The highest BCUT2D eigenvalue weighted by molar-refractivity contribution is 6.74. The Morgan fingerprint density at radius 3 is 2.16 bits per heavy atom. The zero-order valence-electron chi connectivity index (χ0n) is 31.1. The van der Waals surface area contributed by atoms with Gasteiger partial charge in [0.2, 0.25) is 0 Å². The molecule has 0 aliphatic heterocycles. The topological polar surface area (TPSA) is 35.5 Å². The average Bonchev–Trinajstić information content (AvgIpc) is 3.32. The molecule has 44 heavy (non-hydrogen) atoms. The number of carbonyl (C=O) groups is 1. The Labute approximate surface area is 273 Å². The van der Waals surface area contributed by atoms with Gasteiger partial charge >= 0.3 is 5.97 Å². The van der Waals surface area contributed by atoms with Crippen molar-refractivity contribution >= 4 is 14.3 Å². The van der Waals surface area contributed by atoms with Crippen molar-refractivity contribution in [2.75, 3.05) is 13.2 Å². The number of ether oxygens (including phenoxy) is 1. The van der Waals surface area contributed by atoms with Crippen molar-refractivity contribution in [3.05, 3.63) is 12.2 Å². The third-order valence-electron chi connectivity index (χ3n) is 17.0. The molecule has 11 atom stereocenters. The van der Waals surface area contributed by atoms with Crippen LogP contribution in [0.5, 0.6) is 0 Å². The molecular formula is C40H70O3Si. The molecule has 5 aliphatic carbocycles. The Morgan fingerprint density at radius 2 is 1.55 bits per heavy atom. The van der Waals surface area contributed by atoms with E-state index in [1.807, 2.05) is 0 Å². The van der Waals surface area contributed by atoms with Gasteiger partial charge in [-0.1, -0.05) is 74.5 Å². The van der Waals surface area contributed by atoms with Crippen LogP contribution >= 0.6 is 0 Å². The summed E-state index contributed by atoms with van der Waals surface area (Å²) in [4.78, 5) is 12.1. The molecule has 0 heterocycles. The highest BCUT2D eigenvalue weighted by Crippen LogP contribution is 2.78. The third-order valence-corrected chi connectivity index (χ3v) is 21.5. The number of allylic oxidation sites excluding steroid dienone is 1. The van der Waals surface area contributed by atoms with Gasteiger partial charge in [-0.3, -0.25) is 4.79 Å². The number of carbonyl (C=O) groups excluding carboxylic acids is 1. The highest BCUT2D eigenvalue weighted by atomic mass is 28.4. The summed E-state index contributed by atoms with van der Waals surface area (Å²) >= 11 is 0. The molecular weight excluding hydrogens is 557 g/mol. The Balaban J connectivity index is 1.48. The number of esters is 1. The predicted octanol–water partition coefficient (Wildman–Crippen LogP) is 11.2. The maximum atomic E-state index is 12.1. The van der Waals surface area contributed by atoms with Crippen LogP contribution in [0, 0.1) is 62.6 Å². The lowest BCUT2D eigenvalue weighted by molar-refractivity contribution is -0.249. The van der Waals surface area contributed by atoms with Crippen LogP contribution < -0.4 is 0 Å². The van der Waals surface area contributed by atoms with Crippen LogP contribution in [-0.2, 0) is 14.0 Å². The van der Waals surface area contributed by atoms with E-state index in [4.69, 9.17) is 9.16 Å². The molecule has 0 amide bonds. The fourth-order valence-corrected chi connectivity index (χ4v) is 13.8. The van der Waals surface area contributed by atoms with E-state index in [0.29, 0.717) is 46.5 Å². The SMILES string of the molecule is C=C(CC)C1CC[C@]2(COC(C)=O)CC[C@]3(C)C(CCC4[C@@]5(C)CC[C@H](C)[C@@](C)(CO[Si](C)(C)C(C)(C)C)C5CC[C@]43C)C12. The Hall–Kier alpha value is -0.613. The van der Waals surface area contributed by atoms with Crippen molar-refractivity contribution in [2.45, 2.75) is 158 Å². The minimum atomic E-state index is -1.82. The summed E-state index contributed by atoms with van der Waals surface area (Å²) in [5, 5.41) is 0.246. The minimum absolute atomic E-state index is 0.113. The van der Waals surface area contributed by atoms with E-state index < -0.39 is 8.32 Å². The lowest BCUT2D eigenvalue weighted by Crippen LogP contribution is -2.67.